The van der Waals surface area contributed by atoms with Crippen LogP contribution in [0.1, 0.15) is 36.8 Å². The molecule has 0 spiro atoms. The zero-order chi connectivity index (χ0) is 29.6. The number of amides is 3. The molecule has 2 aromatic rings. The number of benzene rings is 1. The molecule has 11 nitrogen and oxygen atoms in total. The largest absolute Gasteiger partial charge is 0.443 e. The molecule has 214 valence electrons. The van der Waals surface area contributed by atoms with Crippen LogP contribution < -0.4 is 10.5 Å². The third kappa shape index (κ3) is 6.24. The minimum Gasteiger partial charge on any atom is -0.443 e. The van der Waals surface area contributed by atoms with Gasteiger partial charge in [-0.3, -0.25) is 9.59 Å². The van der Waals surface area contributed by atoms with E-state index in [1.54, 1.807) is 26.8 Å². The van der Waals surface area contributed by atoms with E-state index in [0.29, 0.717) is 29.0 Å². The molecule has 0 atom stereocenters. The monoisotopic (exact) mass is 597 g/mol. The topological polar surface area (TPSA) is 152 Å². The minimum atomic E-state index is -4.37. The van der Waals surface area contributed by atoms with E-state index in [2.05, 4.69) is 10.3 Å². The zero-order valence-corrected chi connectivity index (χ0v) is 23.3. The van der Waals surface area contributed by atoms with Gasteiger partial charge < -0.3 is 19.9 Å². The van der Waals surface area contributed by atoms with E-state index in [4.69, 9.17) is 21.5 Å². The molecule has 3 amide bonds. The highest BCUT2D eigenvalue weighted by Crippen LogP contribution is 2.29. The summed E-state index contributed by atoms with van der Waals surface area (Å²) in [5.74, 6) is -3.92. The second kappa shape index (κ2) is 10.7. The number of hydrogen-bond acceptors (Lipinski definition) is 7. The molecule has 0 saturated carbocycles. The van der Waals surface area contributed by atoms with Gasteiger partial charge in [-0.15, -0.1) is 0 Å². The number of carbonyl (C=O) groups excluding carboxylic acids is 3. The maximum atomic E-state index is 14.5. The first kappa shape index (κ1) is 29.4. The van der Waals surface area contributed by atoms with Crippen LogP contribution in [-0.4, -0.2) is 67.3 Å². The molecule has 2 aliphatic heterocycles. The van der Waals surface area contributed by atoms with E-state index >= 15 is 0 Å². The molecule has 1 aromatic carbocycles. The molecule has 15 heteroatoms. The Morgan fingerprint density at radius 2 is 1.60 bits per heavy atom. The Balaban J connectivity index is 1.36. The van der Waals surface area contributed by atoms with E-state index in [1.165, 1.54) is 15.9 Å². The fourth-order valence-corrected chi connectivity index (χ4v) is 4.86. The molecule has 4 rings (SSSR count). The highest BCUT2D eigenvalue weighted by atomic mass is 35.5. The summed E-state index contributed by atoms with van der Waals surface area (Å²) in [5, 5.41) is 7.82. The van der Waals surface area contributed by atoms with Gasteiger partial charge in [-0.1, -0.05) is 32.4 Å². The van der Waals surface area contributed by atoms with Gasteiger partial charge in [-0.2, -0.15) is 0 Å². The maximum Gasteiger partial charge on any atom is 0.410 e. The number of nitrogens with two attached hydrogens (primary N) is 1. The number of nitrogens with zero attached hydrogens (tertiary/aromatic N) is 3. The fourth-order valence-electron chi connectivity index (χ4n) is 4.16. The molecule has 40 heavy (non-hydrogen) atoms. The quantitative estimate of drug-likeness (QED) is 0.397. The third-order valence-corrected chi connectivity index (χ3v) is 7.44. The Labute approximate surface area is 234 Å². The predicted molar refractivity (Wildman–Crippen MR) is 140 cm³/mol. The van der Waals surface area contributed by atoms with Crippen LogP contribution in [0.5, 0.6) is 0 Å². The predicted octanol–water partition coefficient (Wildman–Crippen LogP) is 3.05. The maximum absolute atomic E-state index is 14.5. The molecule has 1 aromatic heterocycles. The van der Waals surface area contributed by atoms with Crippen molar-refractivity contribution in [3.05, 3.63) is 63.5 Å². The van der Waals surface area contributed by atoms with Gasteiger partial charge in [-0.25, -0.2) is 32.1 Å². The van der Waals surface area contributed by atoms with Gasteiger partial charge in [0, 0.05) is 31.6 Å². The Morgan fingerprint density at radius 1 is 1.05 bits per heavy atom. The number of anilines is 1. The van der Waals surface area contributed by atoms with Crippen molar-refractivity contribution in [3.8, 4) is 0 Å². The molecule has 0 bridgehead atoms. The number of pyridine rings is 1. The summed E-state index contributed by atoms with van der Waals surface area (Å²) >= 11 is 5.99. The number of ether oxygens (including phenoxy) is 1. The number of rotatable bonds is 5. The van der Waals surface area contributed by atoms with Crippen LogP contribution in [-0.2, 0) is 26.2 Å². The molecule has 0 unspecified atom stereocenters. The van der Waals surface area contributed by atoms with E-state index in [1.807, 2.05) is 0 Å². The van der Waals surface area contributed by atoms with Crippen LogP contribution in [0, 0.1) is 17.0 Å². The van der Waals surface area contributed by atoms with Gasteiger partial charge >= 0.3 is 6.09 Å². The Kier molecular flexibility index (Phi) is 7.89. The number of hydrogen-bond donors (Lipinski definition) is 2. The molecule has 0 radical (unpaired) electrons. The van der Waals surface area contributed by atoms with Gasteiger partial charge in [0.1, 0.15) is 34.7 Å². The number of aromatic nitrogens is 1. The van der Waals surface area contributed by atoms with Crippen molar-refractivity contribution in [2.45, 2.75) is 32.3 Å². The van der Waals surface area contributed by atoms with Gasteiger partial charge in [0.05, 0.1) is 10.6 Å². The molecule has 0 fully saturated rings. The summed E-state index contributed by atoms with van der Waals surface area (Å²) < 4.78 is 57.2. The summed E-state index contributed by atoms with van der Waals surface area (Å²) in [6, 6.07) is 4.05. The number of carbonyl (C=O) groups is 3. The highest BCUT2D eigenvalue weighted by molar-refractivity contribution is 7.89. The first-order chi connectivity index (χ1) is 18.5. The van der Waals surface area contributed by atoms with Crippen molar-refractivity contribution >= 4 is 45.2 Å². The van der Waals surface area contributed by atoms with Crippen LogP contribution in [0.25, 0.3) is 0 Å². The van der Waals surface area contributed by atoms with Gasteiger partial charge in [0.15, 0.2) is 0 Å². The van der Waals surface area contributed by atoms with E-state index in [0.717, 1.165) is 0 Å². The summed E-state index contributed by atoms with van der Waals surface area (Å²) in [6.45, 7) is 5.27. The van der Waals surface area contributed by atoms with Gasteiger partial charge in [0.2, 0.25) is 15.9 Å². The Morgan fingerprint density at radius 3 is 2.12 bits per heavy atom. The fraction of sp³-hybridized carbons (Fsp3) is 0.360. The Hall–Kier alpha value is -3.62. The molecule has 3 N–H and O–H groups in total. The number of nitrogens with one attached hydrogen (secondary N) is 1. The van der Waals surface area contributed by atoms with Crippen LogP contribution in [0.3, 0.4) is 0 Å². The van der Waals surface area contributed by atoms with E-state index in [9.17, 15) is 31.6 Å². The highest BCUT2D eigenvalue weighted by Gasteiger charge is 2.37. The van der Waals surface area contributed by atoms with Crippen molar-refractivity contribution in [1.82, 2.24) is 14.8 Å². The number of primary sulfonamides is 1. The molecular weight excluding hydrogens is 572 g/mol. The lowest BCUT2D eigenvalue weighted by Crippen LogP contribution is -2.37. The molecular formula is C25H26ClF2N5O6S. The lowest BCUT2D eigenvalue weighted by Gasteiger charge is -2.23. The molecule has 3 heterocycles. The van der Waals surface area contributed by atoms with Crippen molar-refractivity contribution in [1.29, 1.82) is 0 Å². The van der Waals surface area contributed by atoms with E-state index in [-0.39, 0.29) is 49.5 Å². The van der Waals surface area contributed by atoms with Gasteiger partial charge in [0.25, 0.3) is 5.91 Å². The molecule has 0 saturated heterocycles. The van der Waals surface area contributed by atoms with Gasteiger partial charge in [-0.05, 0) is 35.4 Å². The summed E-state index contributed by atoms with van der Waals surface area (Å²) in [6.07, 6.45) is -0.669. The SMILES string of the molecule is CC(C)(C)C(=O)Nc1ccc(Cl)nc1COC(=O)N1CC2=C(C1)CN(C(=O)c1c(F)cc(S(N)(=O)=O)cc1F)C2. The van der Waals surface area contributed by atoms with Crippen LogP contribution in [0.2, 0.25) is 5.15 Å². The second-order valence-electron chi connectivity index (χ2n) is 10.4. The second-order valence-corrected chi connectivity index (χ2v) is 12.4. The summed E-state index contributed by atoms with van der Waals surface area (Å²) in [4.78, 5) is 44.0. The Bertz CT molecular complexity index is 1520. The van der Waals surface area contributed by atoms with Crippen molar-refractivity contribution in [3.63, 3.8) is 0 Å². The number of sulfonamides is 1. The first-order valence-electron chi connectivity index (χ1n) is 11.9. The van der Waals surface area contributed by atoms with Crippen LogP contribution in [0.15, 0.2) is 40.3 Å². The zero-order valence-electron chi connectivity index (χ0n) is 21.8. The van der Waals surface area contributed by atoms with Crippen LogP contribution in [0.4, 0.5) is 19.3 Å². The summed E-state index contributed by atoms with van der Waals surface area (Å²) in [5.41, 5.74) is 0.472. The average Bonchev–Trinajstić information content (AvgIpc) is 3.42. The molecule has 2 aliphatic rings. The minimum absolute atomic E-state index is 0.0204. The molecule has 0 aliphatic carbocycles. The lowest BCUT2D eigenvalue weighted by molar-refractivity contribution is -0.123. The van der Waals surface area contributed by atoms with Crippen molar-refractivity contribution in [2.24, 2.45) is 10.6 Å². The normalized spacial score (nSPS) is 15.4. The summed E-state index contributed by atoms with van der Waals surface area (Å²) in [7, 11) is -4.37. The third-order valence-electron chi connectivity index (χ3n) is 6.33. The average molecular weight is 598 g/mol. The lowest BCUT2D eigenvalue weighted by atomic mass is 9.95. The first-order valence-corrected chi connectivity index (χ1v) is 13.9. The van der Waals surface area contributed by atoms with E-state index < -0.39 is 49.5 Å². The van der Waals surface area contributed by atoms with Crippen molar-refractivity contribution in [2.75, 3.05) is 31.5 Å². The van der Waals surface area contributed by atoms with Crippen LogP contribution >= 0.6 is 11.6 Å². The van der Waals surface area contributed by atoms with Crippen molar-refractivity contribution < 1.29 is 36.3 Å². The smallest absolute Gasteiger partial charge is 0.410 e. The number of halogens is 3. The standard InChI is InChI=1S/C25H26ClF2N5O6S/c1-25(2,3)23(35)31-18-4-5-20(26)30-19(18)12-39-24(36)33-10-13-8-32(9-14(13)11-33)22(34)21-16(27)6-15(7-17(21)28)40(29,37)38/h4-7H,8-12H2,1-3H3,(H,31,35)(H2,29,37,38).